The SMILES string of the molecule is Cc1cc2nnc(C(=O)N3CCC(c4nc(C(=O)NCC(c5ccc[nH]5)C(F)(F)F)cs4)CC3)c(C)n2n1. The van der Waals surface area contributed by atoms with Gasteiger partial charge in [-0.25, -0.2) is 9.50 Å². The van der Waals surface area contributed by atoms with Crippen molar-refractivity contribution < 1.29 is 22.8 Å². The predicted molar refractivity (Wildman–Crippen MR) is 132 cm³/mol. The second-order valence-electron chi connectivity index (χ2n) is 9.26. The number of H-pyrrole nitrogens is 1. The molecule has 5 heterocycles. The molecule has 0 aliphatic carbocycles. The molecule has 0 radical (unpaired) electrons. The van der Waals surface area contributed by atoms with Gasteiger partial charge in [0, 0.05) is 48.9 Å². The first kappa shape index (κ1) is 25.8. The Balaban J connectivity index is 1.19. The molecule has 0 saturated carbocycles. The highest BCUT2D eigenvalue weighted by Crippen LogP contribution is 2.34. The van der Waals surface area contributed by atoms with Crippen molar-refractivity contribution >= 4 is 28.8 Å². The van der Waals surface area contributed by atoms with E-state index in [1.54, 1.807) is 27.8 Å². The van der Waals surface area contributed by atoms with Gasteiger partial charge in [-0.3, -0.25) is 9.59 Å². The van der Waals surface area contributed by atoms with Crippen molar-refractivity contribution in [2.24, 2.45) is 0 Å². The molecule has 1 atom stereocenters. The van der Waals surface area contributed by atoms with Gasteiger partial charge in [0.1, 0.15) is 11.6 Å². The van der Waals surface area contributed by atoms with E-state index in [9.17, 15) is 22.8 Å². The molecule has 5 rings (SSSR count). The number of aromatic nitrogens is 6. The van der Waals surface area contributed by atoms with Crippen LogP contribution in [0.1, 0.15) is 67.7 Å². The van der Waals surface area contributed by atoms with E-state index >= 15 is 0 Å². The molecule has 0 bridgehead atoms. The molecule has 2 amide bonds. The van der Waals surface area contributed by atoms with Crippen LogP contribution in [-0.4, -0.2) is 72.3 Å². The van der Waals surface area contributed by atoms with Crippen molar-refractivity contribution in [2.45, 2.75) is 44.7 Å². The minimum Gasteiger partial charge on any atom is -0.364 e. The highest BCUT2D eigenvalue weighted by atomic mass is 32.1. The maximum Gasteiger partial charge on any atom is 0.398 e. The van der Waals surface area contributed by atoms with E-state index in [4.69, 9.17) is 0 Å². The number of nitrogens with one attached hydrogen (secondary N) is 2. The van der Waals surface area contributed by atoms with E-state index in [1.165, 1.54) is 29.7 Å². The third-order valence-electron chi connectivity index (χ3n) is 6.67. The van der Waals surface area contributed by atoms with Gasteiger partial charge in [-0.2, -0.15) is 18.3 Å². The van der Waals surface area contributed by atoms with Crippen molar-refractivity contribution in [2.75, 3.05) is 19.6 Å². The fourth-order valence-electron chi connectivity index (χ4n) is 4.58. The number of nitrogens with zero attached hydrogens (tertiary/aromatic N) is 6. The summed E-state index contributed by atoms with van der Waals surface area (Å²) >= 11 is 1.30. The molecule has 1 aliphatic heterocycles. The van der Waals surface area contributed by atoms with E-state index in [0.29, 0.717) is 37.3 Å². The number of hydrogen-bond acceptors (Lipinski definition) is 7. The quantitative estimate of drug-likeness (QED) is 0.381. The van der Waals surface area contributed by atoms with Gasteiger partial charge in [0.25, 0.3) is 11.8 Å². The molecule has 14 heteroatoms. The topological polar surface area (TPSA) is 121 Å². The summed E-state index contributed by atoms with van der Waals surface area (Å²) in [5.74, 6) is -2.67. The van der Waals surface area contributed by atoms with Crippen LogP contribution in [0.5, 0.6) is 0 Å². The first-order chi connectivity index (χ1) is 18.1. The summed E-state index contributed by atoms with van der Waals surface area (Å²) in [7, 11) is 0. The largest absolute Gasteiger partial charge is 0.398 e. The summed E-state index contributed by atoms with van der Waals surface area (Å²) in [6.45, 7) is 3.99. The third kappa shape index (κ3) is 5.12. The smallest absolute Gasteiger partial charge is 0.364 e. The first-order valence-electron chi connectivity index (χ1n) is 12.0. The molecule has 4 aromatic heterocycles. The number of alkyl halides is 3. The Hall–Kier alpha value is -3.81. The molecule has 4 aromatic rings. The summed E-state index contributed by atoms with van der Waals surface area (Å²) in [5, 5.41) is 17.2. The Kier molecular flexibility index (Phi) is 6.90. The lowest BCUT2D eigenvalue weighted by Crippen LogP contribution is -2.39. The Labute approximate surface area is 219 Å². The number of piperidine rings is 1. The summed E-state index contributed by atoms with van der Waals surface area (Å²) < 4.78 is 42.0. The van der Waals surface area contributed by atoms with Gasteiger partial charge >= 0.3 is 6.18 Å². The lowest BCUT2D eigenvalue weighted by molar-refractivity contribution is -0.149. The van der Waals surface area contributed by atoms with Gasteiger partial charge in [-0.05, 0) is 38.8 Å². The van der Waals surface area contributed by atoms with E-state index in [-0.39, 0.29) is 28.9 Å². The normalized spacial score (nSPS) is 15.7. The average Bonchev–Trinajstić information content (AvgIpc) is 3.64. The van der Waals surface area contributed by atoms with Crippen LogP contribution in [0, 0.1) is 13.8 Å². The second-order valence-corrected chi connectivity index (χ2v) is 10.1. The Morgan fingerprint density at radius 1 is 1.24 bits per heavy atom. The number of thiazole rings is 1. The van der Waals surface area contributed by atoms with Crippen molar-refractivity contribution in [1.82, 2.24) is 40.0 Å². The van der Waals surface area contributed by atoms with Crippen molar-refractivity contribution in [3.8, 4) is 0 Å². The summed E-state index contributed by atoms with van der Waals surface area (Å²) in [6.07, 6.45) is -1.82. The van der Waals surface area contributed by atoms with Crippen molar-refractivity contribution in [3.05, 3.63) is 63.3 Å². The number of halogens is 3. The number of fused-ring (bicyclic) bond motifs is 1. The third-order valence-corrected chi connectivity index (χ3v) is 7.68. The molecule has 200 valence electrons. The molecule has 1 unspecified atom stereocenters. The molecule has 1 aliphatic rings. The first-order valence-corrected chi connectivity index (χ1v) is 12.9. The maximum atomic E-state index is 13.4. The number of amides is 2. The van der Waals surface area contributed by atoms with E-state index in [0.717, 1.165) is 10.7 Å². The van der Waals surface area contributed by atoms with Gasteiger partial charge in [0.2, 0.25) is 0 Å². The molecule has 1 fully saturated rings. The number of carbonyl (C=O) groups is 2. The van der Waals surface area contributed by atoms with Crippen LogP contribution in [-0.2, 0) is 0 Å². The zero-order valence-electron chi connectivity index (χ0n) is 20.6. The number of aryl methyl sites for hydroxylation is 2. The highest BCUT2D eigenvalue weighted by molar-refractivity contribution is 7.09. The second kappa shape index (κ2) is 10.2. The highest BCUT2D eigenvalue weighted by Gasteiger charge is 2.41. The van der Waals surface area contributed by atoms with Gasteiger partial charge in [0.05, 0.1) is 16.4 Å². The molecular weight excluding hydrogens is 521 g/mol. The van der Waals surface area contributed by atoms with Crippen LogP contribution < -0.4 is 5.32 Å². The van der Waals surface area contributed by atoms with Gasteiger partial charge < -0.3 is 15.2 Å². The number of aromatic amines is 1. The van der Waals surface area contributed by atoms with E-state index < -0.39 is 24.5 Å². The summed E-state index contributed by atoms with van der Waals surface area (Å²) in [5.41, 5.74) is 2.31. The van der Waals surface area contributed by atoms with Crippen LogP contribution >= 0.6 is 11.3 Å². The van der Waals surface area contributed by atoms with Crippen LogP contribution in [0.15, 0.2) is 29.8 Å². The molecule has 38 heavy (non-hydrogen) atoms. The molecule has 1 saturated heterocycles. The Bertz CT molecular complexity index is 1460. The van der Waals surface area contributed by atoms with Crippen molar-refractivity contribution in [1.29, 1.82) is 0 Å². The lowest BCUT2D eigenvalue weighted by atomic mass is 9.97. The van der Waals surface area contributed by atoms with Gasteiger partial charge in [-0.1, -0.05) is 0 Å². The zero-order valence-corrected chi connectivity index (χ0v) is 21.4. The number of carbonyl (C=O) groups excluding carboxylic acids is 2. The number of rotatable bonds is 6. The standard InChI is InChI=1S/C24H25F3N8O2S/c1-13-10-19-31-32-20(14(2)35(19)33-13)23(37)34-8-5-15(6-9-34)22-30-18(12-38-22)21(36)29-11-16(24(25,26)27)17-4-3-7-28-17/h3-4,7,10,12,15-16,28H,5-6,8-9,11H2,1-2H3,(H,29,36). The fraction of sp³-hybridized carbons (Fsp3) is 0.417. The number of hydrogen-bond donors (Lipinski definition) is 2. The van der Waals surface area contributed by atoms with Gasteiger partial charge in [0.15, 0.2) is 11.3 Å². The van der Waals surface area contributed by atoms with E-state index in [1.807, 2.05) is 6.92 Å². The Morgan fingerprint density at radius 2 is 2.00 bits per heavy atom. The van der Waals surface area contributed by atoms with Crippen LogP contribution in [0.3, 0.4) is 0 Å². The predicted octanol–water partition coefficient (Wildman–Crippen LogP) is 3.62. The molecular formula is C24H25F3N8O2S. The lowest BCUT2D eigenvalue weighted by Gasteiger charge is -2.31. The van der Waals surface area contributed by atoms with Crippen molar-refractivity contribution in [3.63, 3.8) is 0 Å². The molecule has 10 nitrogen and oxygen atoms in total. The summed E-state index contributed by atoms with van der Waals surface area (Å²) in [4.78, 5) is 34.3. The minimum atomic E-state index is -4.51. The van der Waals surface area contributed by atoms with Crippen LogP contribution in [0.25, 0.3) is 5.65 Å². The molecule has 0 aromatic carbocycles. The zero-order chi connectivity index (χ0) is 27.0. The molecule has 2 N–H and O–H groups in total. The Morgan fingerprint density at radius 3 is 2.68 bits per heavy atom. The fourth-order valence-corrected chi connectivity index (χ4v) is 5.55. The summed E-state index contributed by atoms with van der Waals surface area (Å²) in [6, 6.07) is 4.61. The van der Waals surface area contributed by atoms with Crippen LogP contribution in [0.2, 0.25) is 0 Å². The molecule has 0 spiro atoms. The van der Waals surface area contributed by atoms with E-state index in [2.05, 4.69) is 30.6 Å². The average molecular weight is 547 g/mol. The minimum absolute atomic E-state index is 0.0149. The number of likely N-dealkylation sites (tertiary alicyclic amines) is 1. The monoisotopic (exact) mass is 546 g/mol. The van der Waals surface area contributed by atoms with Gasteiger partial charge in [-0.15, -0.1) is 21.5 Å². The van der Waals surface area contributed by atoms with Crippen LogP contribution in [0.4, 0.5) is 13.2 Å². The maximum absolute atomic E-state index is 13.4.